The number of benzene rings is 2. The molecule has 8 nitrogen and oxygen atoms in total. The van der Waals surface area contributed by atoms with Crippen LogP contribution in [0.4, 0.5) is 85.1 Å². The number of carbonyl (C=O) groups excluding carboxylic acids is 2. The van der Waals surface area contributed by atoms with E-state index in [2.05, 4.69) is 5.32 Å². The van der Waals surface area contributed by atoms with Crippen molar-refractivity contribution in [1.29, 1.82) is 0 Å². The molecule has 0 aliphatic rings. The molecule has 0 unspecified atom stereocenters. The highest BCUT2D eigenvalue weighted by Gasteiger charge is 2.95. The number of esters is 1. The van der Waals surface area contributed by atoms with Crippen LogP contribution in [0.25, 0.3) is 0 Å². The summed E-state index contributed by atoms with van der Waals surface area (Å²) in [6.07, 6.45) is -6.56. The molecule has 26 heteroatoms. The lowest BCUT2D eigenvalue weighted by atomic mass is 9.88. The number of hydrogen-bond acceptors (Lipinski definition) is 7. The second-order valence-electron chi connectivity index (χ2n) is 15.7. The average molecular weight is 1030 g/mol. The van der Waals surface area contributed by atoms with E-state index in [1.807, 2.05) is 0 Å². The Kier molecular flexibility index (Phi) is 19.5. The third kappa shape index (κ3) is 12.5. The summed E-state index contributed by atoms with van der Waals surface area (Å²) in [6, 6.07) is 10.7. The molecule has 2 aromatic rings. The molecule has 0 saturated heterocycles. The minimum absolute atomic E-state index is 0.116. The zero-order chi connectivity index (χ0) is 52.5. The molecule has 0 fully saturated rings. The largest absolute Gasteiger partial charge is 0.497 e. The molecular formula is C42H48F17NO7Si. The van der Waals surface area contributed by atoms with E-state index in [-0.39, 0.29) is 12.4 Å². The first-order valence-corrected chi connectivity index (χ1v) is 22.4. The van der Waals surface area contributed by atoms with Crippen molar-refractivity contribution in [3.05, 3.63) is 78.4 Å². The van der Waals surface area contributed by atoms with Crippen LogP contribution in [0.2, 0.25) is 17.1 Å². The van der Waals surface area contributed by atoms with E-state index in [1.165, 1.54) is 71.2 Å². The van der Waals surface area contributed by atoms with Crippen LogP contribution in [0.15, 0.2) is 72.8 Å². The fourth-order valence-corrected chi connectivity index (χ4v) is 11.0. The molecule has 0 aliphatic carbocycles. The maximum absolute atomic E-state index is 15.0. The van der Waals surface area contributed by atoms with Crippen molar-refractivity contribution in [3.8, 4) is 11.5 Å². The number of allylic oxidation sites excluding steroid dienone is 2. The minimum atomic E-state index is -8.70. The van der Waals surface area contributed by atoms with Gasteiger partial charge in [0.15, 0.2) is 8.32 Å². The lowest BCUT2D eigenvalue weighted by molar-refractivity contribution is -0.461. The van der Waals surface area contributed by atoms with Crippen molar-refractivity contribution in [2.45, 2.75) is 119 Å². The summed E-state index contributed by atoms with van der Waals surface area (Å²) in [7, 11) is -2.57. The number of methoxy groups -OCH3 is 1. The first-order chi connectivity index (χ1) is 31.0. The van der Waals surface area contributed by atoms with Gasteiger partial charge in [-0.2, -0.15) is 74.6 Å². The normalized spacial score (nSPS) is 15.0. The molecule has 386 valence electrons. The van der Waals surface area contributed by atoms with E-state index >= 15 is 8.78 Å². The number of rotatable bonds is 25. The molecule has 2 aromatic carbocycles. The number of halogens is 17. The lowest BCUT2D eigenvalue weighted by Crippen LogP contribution is -2.74. The van der Waals surface area contributed by atoms with E-state index in [1.54, 1.807) is 44.2 Å². The van der Waals surface area contributed by atoms with Crippen molar-refractivity contribution in [3.63, 3.8) is 0 Å². The molecule has 0 radical (unpaired) electrons. The summed E-state index contributed by atoms with van der Waals surface area (Å²) in [6.45, 7) is 7.76. The van der Waals surface area contributed by atoms with Crippen molar-refractivity contribution in [1.82, 2.24) is 0 Å². The van der Waals surface area contributed by atoms with Crippen molar-refractivity contribution >= 4 is 26.1 Å². The first-order valence-electron chi connectivity index (χ1n) is 20.2. The molecule has 0 bridgehead atoms. The number of alkyl halides is 17. The van der Waals surface area contributed by atoms with Crippen LogP contribution in [0.1, 0.15) is 59.6 Å². The van der Waals surface area contributed by atoms with Crippen molar-refractivity contribution in [2.24, 2.45) is 5.92 Å². The van der Waals surface area contributed by atoms with E-state index in [0.717, 1.165) is 6.08 Å². The molecule has 0 saturated carbocycles. The first kappa shape index (κ1) is 59.4. The van der Waals surface area contributed by atoms with Crippen LogP contribution in [0.5, 0.6) is 11.5 Å². The van der Waals surface area contributed by atoms with Gasteiger partial charge in [-0.05, 0) is 66.0 Å². The van der Waals surface area contributed by atoms with Gasteiger partial charge in [-0.1, -0.05) is 65.0 Å². The SMILES string of the molecule is CCOC(=O)/C=C/C=C/[C@@H](C)[C@H](OC(=O)Nc1ccc(OC)cc1)c1ccc(OCCO[Si](CCC(F)(F)C(F)(F)C(F)(F)C(F)(F)C(F)(F)C(F)(F)C(F)(F)C(F)(F)F)(C(C)C)C(C)C)cc1. The van der Waals surface area contributed by atoms with Gasteiger partial charge in [-0.3, -0.25) is 5.32 Å². The Balaban J connectivity index is 2.31. The van der Waals surface area contributed by atoms with Gasteiger partial charge in [0.05, 0.1) is 20.3 Å². The van der Waals surface area contributed by atoms with E-state index in [0.29, 0.717) is 17.0 Å². The molecule has 2 atom stereocenters. The molecule has 0 heterocycles. The van der Waals surface area contributed by atoms with E-state index in [4.69, 9.17) is 23.4 Å². The van der Waals surface area contributed by atoms with Crippen LogP contribution in [0, 0.1) is 5.92 Å². The van der Waals surface area contributed by atoms with Crippen LogP contribution in [0.3, 0.4) is 0 Å². The maximum Gasteiger partial charge on any atom is 0.460 e. The summed E-state index contributed by atoms with van der Waals surface area (Å²) < 4.78 is 263. The Hall–Kier alpha value is -4.75. The van der Waals surface area contributed by atoms with Gasteiger partial charge in [0.1, 0.15) is 24.2 Å². The molecule has 2 rings (SSSR count). The molecule has 1 amide bonds. The van der Waals surface area contributed by atoms with E-state index in [9.17, 15) is 75.4 Å². The third-order valence-electron chi connectivity index (χ3n) is 10.6. The zero-order valence-electron chi connectivity index (χ0n) is 37.1. The van der Waals surface area contributed by atoms with Crippen molar-refractivity contribution in [2.75, 3.05) is 32.2 Å². The van der Waals surface area contributed by atoms with Gasteiger partial charge < -0.3 is 23.4 Å². The average Bonchev–Trinajstić information content (AvgIpc) is 3.23. The summed E-state index contributed by atoms with van der Waals surface area (Å²) in [5.74, 6) is -57.4. The highest BCUT2D eigenvalue weighted by Crippen LogP contribution is 2.64. The smallest absolute Gasteiger partial charge is 0.460 e. The second kappa shape index (κ2) is 22.3. The molecule has 68 heavy (non-hydrogen) atoms. The molecule has 1 N–H and O–H groups in total. The lowest BCUT2D eigenvalue weighted by Gasteiger charge is -2.44. The van der Waals surface area contributed by atoms with Crippen LogP contribution in [-0.4, -0.2) is 94.9 Å². The van der Waals surface area contributed by atoms with Crippen LogP contribution < -0.4 is 14.8 Å². The highest BCUT2D eigenvalue weighted by molar-refractivity contribution is 6.76. The Labute approximate surface area is 380 Å². The van der Waals surface area contributed by atoms with Gasteiger partial charge in [0, 0.05) is 24.1 Å². The monoisotopic (exact) mass is 1030 g/mol. The topological polar surface area (TPSA) is 92.3 Å². The fraction of sp³-hybridized carbons (Fsp3) is 0.571. The van der Waals surface area contributed by atoms with Crippen LogP contribution >= 0.6 is 0 Å². The number of nitrogens with one attached hydrogen (secondary N) is 1. The zero-order valence-corrected chi connectivity index (χ0v) is 38.1. The summed E-state index contributed by atoms with van der Waals surface area (Å²) in [4.78, 5) is 24.6. The quantitative estimate of drug-likeness (QED) is 0.0264. The maximum atomic E-state index is 15.0. The number of ether oxygens (including phenoxy) is 4. The van der Waals surface area contributed by atoms with Gasteiger partial charge in [-0.25, -0.2) is 9.59 Å². The van der Waals surface area contributed by atoms with Gasteiger partial charge >= 0.3 is 59.7 Å². The third-order valence-corrected chi connectivity index (χ3v) is 16.3. The Morgan fingerprint density at radius 2 is 1.13 bits per heavy atom. The Morgan fingerprint density at radius 1 is 0.647 bits per heavy atom. The molecule has 0 aromatic heterocycles. The number of amides is 1. The van der Waals surface area contributed by atoms with Gasteiger partial charge in [0.25, 0.3) is 0 Å². The summed E-state index contributed by atoms with van der Waals surface area (Å²) in [5.41, 5.74) is -1.02. The molecule has 0 aliphatic heterocycles. The predicted octanol–water partition coefficient (Wildman–Crippen LogP) is 13.9. The molecular weight excluding hydrogens is 982 g/mol. The summed E-state index contributed by atoms with van der Waals surface area (Å²) in [5, 5.41) is 2.57. The number of anilines is 1. The highest BCUT2D eigenvalue weighted by atomic mass is 28.4. The van der Waals surface area contributed by atoms with Crippen LogP contribution in [-0.2, 0) is 18.7 Å². The number of hydrogen-bond donors (Lipinski definition) is 1. The fourth-order valence-electron chi connectivity index (χ4n) is 6.58. The minimum Gasteiger partial charge on any atom is -0.497 e. The van der Waals surface area contributed by atoms with Crippen molar-refractivity contribution < 1.29 is 108 Å². The summed E-state index contributed by atoms with van der Waals surface area (Å²) >= 11 is 0. The second-order valence-corrected chi connectivity index (χ2v) is 20.7. The Bertz CT molecular complexity index is 2000. The Morgan fingerprint density at radius 3 is 1.60 bits per heavy atom. The standard InChI is InChI=1S/C42H48F17NO7Si/c1-8-64-32(61)12-10-9-11-27(6)33(67-34(62)60-29-15-19-30(63-7)20-16-29)28-13-17-31(18-14-28)65-22-23-66-68(25(2)3,26(4)5)24-21-35(43,44)36(45,46)37(47,48)38(49,50)39(51,52)40(53,54)41(55,56)42(57,58)59/h9-20,25-27,33H,8,21-24H2,1-7H3,(H,60,62)/b11-9+,12-10+/t27-,33+/m1/s1. The number of carbonyl (C=O) groups is 2. The van der Waals surface area contributed by atoms with E-state index < -0.39 is 117 Å². The van der Waals surface area contributed by atoms with Gasteiger partial charge in [-0.15, -0.1) is 0 Å². The molecule has 0 spiro atoms. The predicted molar refractivity (Wildman–Crippen MR) is 214 cm³/mol. The van der Waals surface area contributed by atoms with Gasteiger partial charge in [0.2, 0.25) is 0 Å².